The normalized spacial score (nSPS) is 45.8. The van der Waals surface area contributed by atoms with Gasteiger partial charge in [-0.15, -0.1) is 0 Å². The Morgan fingerprint density at radius 3 is 2.19 bits per heavy atom. The maximum Gasteiger partial charge on any atom is 0.310 e. The summed E-state index contributed by atoms with van der Waals surface area (Å²) >= 11 is 0. The van der Waals surface area contributed by atoms with Crippen LogP contribution in [0.15, 0.2) is 35.9 Å². The fourth-order valence-corrected chi connectivity index (χ4v) is 12.0. The van der Waals surface area contributed by atoms with E-state index in [1.54, 1.807) is 6.92 Å². The van der Waals surface area contributed by atoms with Crippen molar-refractivity contribution in [2.75, 3.05) is 0 Å². The number of ketones is 1. The zero-order valence-electron chi connectivity index (χ0n) is 27.4. The molecule has 6 rings (SSSR count). The van der Waals surface area contributed by atoms with E-state index in [0.29, 0.717) is 23.7 Å². The smallest absolute Gasteiger partial charge is 0.310 e. The predicted molar refractivity (Wildman–Crippen MR) is 167 cm³/mol. The first-order valence-electron chi connectivity index (χ1n) is 16.8. The Labute approximate surface area is 254 Å². The topological polar surface area (TPSA) is 63.6 Å². The summed E-state index contributed by atoms with van der Waals surface area (Å²) in [6.07, 6.45) is 12.1. The van der Waals surface area contributed by atoms with E-state index in [1.807, 2.05) is 24.3 Å². The number of allylic oxidation sites excluding steroid dienone is 2. The van der Waals surface area contributed by atoms with Gasteiger partial charge in [0.1, 0.15) is 11.9 Å². The van der Waals surface area contributed by atoms with Gasteiger partial charge in [-0.25, -0.2) is 0 Å². The largest absolute Gasteiger partial charge is 0.490 e. The number of ether oxygens (including phenoxy) is 1. The van der Waals surface area contributed by atoms with Crippen molar-refractivity contribution in [2.24, 2.45) is 56.7 Å². The maximum absolute atomic E-state index is 13.0. The van der Waals surface area contributed by atoms with Crippen LogP contribution in [-0.4, -0.2) is 23.0 Å². The average molecular weight is 575 g/mol. The Kier molecular flexibility index (Phi) is 6.92. The summed E-state index contributed by atoms with van der Waals surface area (Å²) in [5.74, 6) is 2.68. The van der Waals surface area contributed by atoms with Crippen LogP contribution in [0.5, 0.6) is 5.75 Å². The lowest BCUT2D eigenvalue weighted by Crippen LogP contribution is -2.65. The van der Waals surface area contributed by atoms with E-state index < -0.39 is 11.4 Å². The van der Waals surface area contributed by atoms with Crippen LogP contribution in [0.2, 0.25) is 0 Å². The zero-order chi connectivity index (χ0) is 30.5. The second kappa shape index (κ2) is 9.70. The minimum atomic E-state index is -0.582. The number of Topliss-reactive ketones (excluding diaryl/α,β-unsaturated/α-hetero) is 1. The number of aliphatic carboxylic acids is 1. The highest BCUT2D eigenvalue weighted by Gasteiger charge is 2.69. The summed E-state index contributed by atoms with van der Waals surface area (Å²) in [5.41, 5.74) is 2.11. The molecule has 5 aliphatic rings. The van der Waals surface area contributed by atoms with Gasteiger partial charge in [-0.2, -0.15) is 0 Å². The quantitative estimate of drug-likeness (QED) is 0.287. The van der Waals surface area contributed by atoms with E-state index in [9.17, 15) is 14.7 Å². The fraction of sp³-hybridized carbons (Fsp3) is 0.737. The van der Waals surface area contributed by atoms with Crippen molar-refractivity contribution in [1.82, 2.24) is 0 Å². The number of rotatable bonds is 4. The first kappa shape index (κ1) is 29.9. The second-order valence-corrected chi connectivity index (χ2v) is 16.7. The van der Waals surface area contributed by atoms with Crippen molar-refractivity contribution < 1.29 is 19.4 Å². The molecule has 42 heavy (non-hydrogen) atoms. The van der Waals surface area contributed by atoms with Gasteiger partial charge in [0.2, 0.25) is 0 Å². The van der Waals surface area contributed by atoms with Gasteiger partial charge in [0, 0.05) is 11.0 Å². The van der Waals surface area contributed by atoms with Crippen LogP contribution in [0.3, 0.4) is 0 Å². The molecule has 230 valence electrons. The molecule has 0 unspecified atom stereocenters. The molecule has 1 aromatic rings. The van der Waals surface area contributed by atoms with Crippen LogP contribution in [0.1, 0.15) is 124 Å². The van der Waals surface area contributed by atoms with Gasteiger partial charge in [-0.05, 0) is 135 Å². The Morgan fingerprint density at radius 1 is 0.857 bits per heavy atom. The third kappa shape index (κ3) is 3.91. The molecular weight excluding hydrogens is 520 g/mol. The van der Waals surface area contributed by atoms with Crippen LogP contribution in [0, 0.1) is 56.7 Å². The van der Waals surface area contributed by atoms with Gasteiger partial charge in [0.15, 0.2) is 5.78 Å². The average Bonchev–Trinajstić information content (AvgIpc) is 2.93. The Balaban J connectivity index is 1.32. The summed E-state index contributed by atoms with van der Waals surface area (Å²) in [4.78, 5) is 24.7. The van der Waals surface area contributed by atoms with Crippen LogP contribution in [-0.2, 0) is 4.79 Å². The number of hydrogen-bond acceptors (Lipinski definition) is 3. The Bertz CT molecular complexity index is 1290. The number of carbonyl (C=O) groups is 2. The Morgan fingerprint density at radius 2 is 1.55 bits per heavy atom. The number of hydrogen-bond donors (Lipinski definition) is 1. The van der Waals surface area contributed by atoms with E-state index in [-0.39, 0.29) is 39.5 Å². The van der Waals surface area contributed by atoms with Crippen LogP contribution in [0.25, 0.3) is 0 Å². The van der Waals surface area contributed by atoms with E-state index in [2.05, 4.69) is 54.5 Å². The van der Waals surface area contributed by atoms with E-state index in [0.717, 1.165) is 56.3 Å². The summed E-state index contributed by atoms with van der Waals surface area (Å²) in [6, 6.07) is 7.68. The summed E-state index contributed by atoms with van der Waals surface area (Å²) in [7, 11) is 0. The number of benzene rings is 1. The van der Waals surface area contributed by atoms with Gasteiger partial charge in [0.05, 0.1) is 5.41 Å². The molecule has 5 aliphatic carbocycles. The van der Waals surface area contributed by atoms with E-state index >= 15 is 0 Å². The molecule has 0 radical (unpaired) electrons. The SMILES string of the molecule is CC(=O)c1ccc(O[C@H]2CC[C@]3(C)[C@H]4CC=C5[C@@H]6[C@@H](C)[C@H](C)CC[C@]6(C(=O)O)CC[C@@]5(C)[C@]4(C)CC[C@H]3C2(C)C)cc1. The van der Waals surface area contributed by atoms with Crippen LogP contribution >= 0.6 is 0 Å². The van der Waals surface area contributed by atoms with Gasteiger partial charge in [-0.3, -0.25) is 9.59 Å². The highest BCUT2D eigenvalue weighted by Crippen LogP contribution is 2.75. The lowest BCUT2D eigenvalue weighted by atomic mass is 9.33. The molecule has 0 heterocycles. The molecule has 0 saturated heterocycles. The van der Waals surface area contributed by atoms with Crippen molar-refractivity contribution >= 4 is 11.8 Å². The number of fused-ring (bicyclic) bond motifs is 7. The second-order valence-electron chi connectivity index (χ2n) is 16.7. The number of carboxylic acid groups (broad SMARTS) is 1. The summed E-state index contributed by atoms with van der Waals surface area (Å²) < 4.78 is 6.70. The van der Waals surface area contributed by atoms with Crippen molar-refractivity contribution in [3.63, 3.8) is 0 Å². The first-order valence-corrected chi connectivity index (χ1v) is 16.8. The van der Waals surface area contributed by atoms with Gasteiger partial charge in [0.25, 0.3) is 0 Å². The standard InChI is InChI=1S/C38H54O4/c1-23-15-20-38(33(40)41)22-21-36(7)28(32(38)24(23)2)13-14-30-35(6)18-17-31(34(4,5)29(35)16-19-37(30,36)8)42-27-11-9-26(10-12-27)25(3)39/h9-13,23-24,29-32H,14-22H2,1-8H3,(H,40,41)/t23-,24+,29+,30-,31+,32+,35+,36-,37-,38+/m1/s1. The molecule has 4 fully saturated rings. The lowest BCUT2D eigenvalue weighted by Gasteiger charge is -2.71. The lowest BCUT2D eigenvalue weighted by molar-refractivity contribution is -0.203. The molecule has 10 atom stereocenters. The van der Waals surface area contributed by atoms with Gasteiger partial charge in [-0.1, -0.05) is 60.1 Å². The molecule has 0 amide bonds. The molecule has 0 spiro atoms. The van der Waals surface area contributed by atoms with Gasteiger partial charge < -0.3 is 9.84 Å². The molecule has 0 bridgehead atoms. The molecule has 0 aliphatic heterocycles. The third-order valence-electron chi connectivity index (χ3n) is 14.9. The monoisotopic (exact) mass is 574 g/mol. The molecule has 4 nitrogen and oxygen atoms in total. The maximum atomic E-state index is 13.0. The number of carboxylic acids is 1. The third-order valence-corrected chi connectivity index (χ3v) is 14.9. The highest BCUT2D eigenvalue weighted by molar-refractivity contribution is 5.94. The molecule has 1 N–H and O–H groups in total. The van der Waals surface area contributed by atoms with E-state index in [4.69, 9.17) is 4.74 Å². The molecule has 0 aromatic heterocycles. The van der Waals surface area contributed by atoms with Crippen molar-refractivity contribution in [1.29, 1.82) is 0 Å². The summed E-state index contributed by atoms with van der Waals surface area (Å²) in [5, 5.41) is 10.7. The summed E-state index contributed by atoms with van der Waals surface area (Å²) in [6.45, 7) is 18.9. The van der Waals surface area contributed by atoms with E-state index in [1.165, 1.54) is 18.4 Å². The number of carbonyl (C=O) groups excluding carboxylic acids is 1. The minimum Gasteiger partial charge on any atom is -0.490 e. The van der Waals surface area contributed by atoms with Crippen molar-refractivity contribution in [3.05, 3.63) is 41.5 Å². The van der Waals surface area contributed by atoms with Crippen LogP contribution < -0.4 is 4.74 Å². The predicted octanol–water partition coefficient (Wildman–Crippen LogP) is 9.38. The van der Waals surface area contributed by atoms with Gasteiger partial charge >= 0.3 is 5.97 Å². The Hall–Kier alpha value is -2.10. The zero-order valence-corrected chi connectivity index (χ0v) is 27.4. The molecule has 4 heteroatoms. The highest BCUT2D eigenvalue weighted by atomic mass is 16.5. The fourth-order valence-electron chi connectivity index (χ4n) is 12.0. The van der Waals surface area contributed by atoms with Crippen LogP contribution in [0.4, 0.5) is 0 Å². The minimum absolute atomic E-state index is 0.0246. The van der Waals surface area contributed by atoms with Crippen molar-refractivity contribution in [2.45, 2.75) is 119 Å². The molecule has 4 saturated carbocycles. The molecular formula is C38H54O4. The van der Waals surface area contributed by atoms with Crippen molar-refractivity contribution in [3.8, 4) is 5.75 Å². The first-order chi connectivity index (χ1) is 19.6. The molecule has 1 aromatic carbocycles.